The Labute approximate surface area is 96.0 Å². The van der Waals surface area contributed by atoms with E-state index in [0.717, 1.165) is 5.56 Å². The van der Waals surface area contributed by atoms with Crippen molar-refractivity contribution in [1.29, 1.82) is 0 Å². The predicted molar refractivity (Wildman–Crippen MR) is 60.1 cm³/mol. The minimum Gasteiger partial charge on any atom is -0.315 e. The van der Waals surface area contributed by atoms with Gasteiger partial charge in [0.25, 0.3) is 5.91 Å². The molecule has 0 aliphatic heterocycles. The summed E-state index contributed by atoms with van der Waals surface area (Å²) in [7, 11) is 0. The van der Waals surface area contributed by atoms with Crippen LogP contribution in [0.25, 0.3) is 0 Å². The summed E-state index contributed by atoms with van der Waals surface area (Å²) < 4.78 is 10.4. The van der Waals surface area contributed by atoms with Crippen LogP contribution in [0.2, 0.25) is 0 Å². The number of benzene rings is 1. The van der Waals surface area contributed by atoms with E-state index in [2.05, 4.69) is 10.2 Å². The Morgan fingerprint density at radius 2 is 2.06 bits per heavy atom. The van der Waals surface area contributed by atoms with Crippen LogP contribution in [0.3, 0.4) is 0 Å². The molecule has 0 radical (unpaired) electrons. The highest BCUT2D eigenvalue weighted by Gasteiger charge is 2.05. The van der Waals surface area contributed by atoms with Crippen LogP contribution in [0.1, 0.15) is 22.8 Å². The van der Waals surface area contributed by atoms with Gasteiger partial charge in [0.2, 0.25) is 0 Å². The lowest BCUT2D eigenvalue weighted by molar-refractivity contribution is -0.253. The summed E-state index contributed by atoms with van der Waals surface area (Å²) in [6.45, 7) is 1.60. The molecule has 0 atom stereocenters. The van der Waals surface area contributed by atoms with Crippen LogP contribution in [0.4, 0.5) is 0 Å². The number of nitrogens with one attached hydrogen (secondary N) is 1. The van der Waals surface area contributed by atoms with Crippen LogP contribution >= 0.6 is 0 Å². The van der Waals surface area contributed by atoms with Gasteiger partial charge in [0.05, 0.1) is 0 Å². The van der Waals surface area contributed by atoms with Crippen LogP contribution in [0, 0.1) is 0 Å². The molecule has 0 bridgehead atoms. The Morgan fingerprint density at radius 3 is 2.56 bits per heavy atom. The zero-order chi connectivity index (χ0) is 12.0. The average Bonchev–Trinajstić information content (AvgIpc) is 2.30. The molecule has 0 fully saturated rings. The molecule has 1 amide bonds. The van der Waals surface area contributed by atoms with E-state index in [1.165, 1.54) is 6.92 Å². The van der Waals surface area contributed by atoms with Crippen LogP contribution in [-0.2, 0) is 22.8 Å². The van der Waals surface area contributed by atoms with Crippen LogP contribution in [-0.4, -0.2) is 20.4 Å². The van der Waals surface area contributed by atoms with E-state index in [0.29, 0.717) is 10.6 Å². The molecule has 2 N–H and O–H groups in total. The second-order valence-electron chi connectivity index (χ2n) is 3.06. The zero-order valence-corrected chi connectivity index (χ0v) is 9.41. The first-order valence-electron chi connectivity index (χ1n) is 4.47. The molecule has 1 aromatic rings. The van der Waals surface area contributed by atoms with Crippen molar-refractivity contribution >= 4 is 22.2 Å². The summed E-state index contributed by atoms with van der Waals surface area (Å²) in [6.07, 6.45) is 0. The van der Waals surface area contributed by atoms with E-state index in [1.54, 1.807) is 24.3 Å². The van der Waals surface area contributed by atoms with Gasteiger partial charge in [-0.05, 0) is 24.6 Å². The SMILES string of the molecule is CC(NC(=O)c1ccc(COO)cc1)=S=O. The van der Waals surface area contributed by atoms with Gasteiger partial charge in [-0.2, -0.15) is 0 Å². The van der Waals surface area contributed by atoms with E-state index in [1.807, 2.05) is 0 Å². The fraction of sp³-hybridized carbons (Fsp3) is 0.200. The molecule has 0 aliphatic rings. The predicted octanol–water partition coefficient (Wildman–Crippen LogP) is 0.769. The molecule has 0 unspecified atom stereocenters. The molecule has 0 spiro atoms. The van der Waals surface area contributed by atoms with Gasteiger partial charge in [-0.25, -0.2) is 9.10 Å². The number of amides is 1. The highest BCUT2D eigenvalue weighted by atomic mass is 32.1. The lowest BCUT2D eigenvalue weighted by Crippen LogP contribution is -2.28. The van der Waals surface area contributed by atoms with Crippen LogP contribution in [0.5, 0.6) is 0 Å². The monoisotopic (exact) mass is 241 g/mol. The van der Waals surface area contributed by atoms with Crippen molar-refractivity contribution in [2.75, 3.05) is 0 Å². The van der Waals surface area contributed by atoms with E-state index in [4.69, 9.17) is 5.26 Å². The summed E-state index contributed by atoms with van der Waals surface area (Å²) in [5.74, 6) is -0.336. The number of carbonyl (C=O) groups is 1. The maximum absolute atomic E-state index is 11.5. The van der Waals surface area contributed by atoms with Gasteiger partial charge in [-0.15, -0.1) is 0 Å². The molecule has 0 heterocycles. The largest absolute Gasteiger partial charge is 0.315 e. The van der Waals surface area contributed by atoms with Gasteiger partial charge in [-0.3, -0.25) is 10.1 Å². The van der Waals surface area contributed by atoms with E-state index >= 15 is 0 Å². The first-order chi connectivity index (χ1) is 7.67. The van der Waals surface area contributed by atoms with Gasteiger partial charge < -0.3 is 5.32 Å². The molecule has 0 saturated heterocycles. The van der Waals surface area contributed by atoms with Crippen molar-refractivity contribution in [2.24, 2.45) is 0 Å². The van der Waals surface area contributed by atoms with Crippen molar-refractivity contribution in [3.05, 3.63) is 35.4 Å². The van der Waals surface area contributed by atoms with Crippen molar-refractivity contribution < 1.29 is 19.1 Å². The molecule has 6 heteroatoms. The Bertz CT molecular complexity index is 423. The molecule has 0 saturated carbocycles. The molecular weight excluding hydrogens is 230 g/mol. The molecule has 1 aromatic carbocycles. The number of hydrogen-bond donors (Lipinski definition) is 2. The van der Waals surface area contributed by atoms with Crippen LogP contribution in [0.15, 0.2) is 24.3 Å². The lowest BCUT2D eigenvalue weighted by atomic mass is 10.1. The highest BCUT2D eigenvalue weighted by Crippen LogP contribution is 2.05. The lowest BCUT2D eigenvalue weighted by Gasteiger charge is -2.03. The fourth-order valence-corrected chi connectivity index (χ4v) is 1.21. The quantitative estimate of drug-likeness (QED) is 0.465. The van der Waals surface area contributed by atoms with Gasteiger partial charge in [0, 0.05) is 5.56 Å². The third kappa shape index (κ3) is 3.58. The second-order valence-corrected chi connectivity index (χ2v) is 3.84. The second kappa shape index (κ2) is 6.16. The Hall–Kier alpha value is -1.50. The molecule has 5 nitrogen and oxygen atoms in total. The maximum Gasteiger partial charge on any atom is 0.256 e. The summed E-state index contributed by atoms with van der Waals surface area (Å²) in [6, 6.07) is 6.49. The third-order valence-electron chi connectivity index (χ3n) is 1.86. The molecule has 16 heavy (non-hydrogen) atoms. The molecule has 0 aromatic heterocycles. The average molecular weight is 241 g/mol. The first-order valence-corrected chi connectivity index (χ1v) is 5.21. The molecular formula is C10H11NO4S. The maximum atomic E-state index is 11.5. The topological polar surface area (TPSA) is 75.6 Å². The summed E-state index contributed by atoms with van der Waals surface area (Å²) in [5, 5.41) is 10.7. The van der Waals surface area contributed by atoms with Crippen LogP contribution < -0.4 is 5.32 Å². The van der Waals surface area contributed by atoms with Gasteiger partial charge in [0.15, 0.2) is 0 Å². The number of hydrogen-bond acceptors (Lipinski definition) is 4. The van der Waals surface area contributed by atoms with E-state index in [9.17, 15) is 9.00 Å². The Balaban J connectivity index is 2.74. The number of rotatable bonds is 3. The van der Waals surface area contributed by atoms with Gasteiger partial charge in [-0.1, -0.05) is 12.1 Å². The number of carbonyl (C=O) groups excluding carboxylic acids is 1. The van der Waals surface area contributed by atoms with Crippen molar-refractivity contribution in [1.82, 2.24) is 5.32 Å². The van der Waals surface area contributed by atoms with E-state index in [-0.39, 0.29) is 23.8 Å². The summed E-state index contributed by atoms with van der Waals surface area (Å²) in [5.41, 5.74) is 1.19. The van der Waals surface area contributed by atoms with Gasteiger partial charge in [0.1, 0.15) is 22.9 Å². The Morgan fingerprint density at radius 1 is 1.44 bits per heavy atom. The highest BCUT2D eigenvalue weighted by molar-refractivity contribution is 7.66. The molecule has 86 valence electrons. The summed E-state index contributed by atoms with van der Waals surface area (Å²) >= 11 is 0.241. The van der Waals surface area contributed by atoms with Crippen molar-refractivity contribution in [3.63, 3.8) is 0 Å². The first kappa shape index (κ1) is 12.6. The minimum absolute atomic E-state index is 0.0729. The molecule has 1 rings (SSSR count). The summed E-state index contributed by atoms with van der Waals surface area (Å²) in [4.78, 5) is 15.8. The van der Waals surface area contributed by atoms with Gasteiger partial charge >= 0.3 is 0 Å². The Kier molecular flexibility index (Phi) is 4.84. The third-order valence-corrected chi connectivity index (χ3v) is 2.21. The van der Waals surface area contributed by atoms with E-state index < -0.39 is 0 Å². The fourth-order valence-electron chi connectivity index (χ4n) is 1.08. The van der Waals surface area contributed by atoms with Crippen molar-refractivity contribution in [3.8, 4) is 0 Å². The zero-order valence-electron chi connectivity index (χ0n) is 8.60. The smallest absolute Gasteiger partial charge is 0.256 e. The standard InChI is InChI=1S/C10H11NO4S/c1-7(16-14)11-10(12)9-4-2-8(3-5-9)6-15-13/h2-5,13H,6H2,1H3,(H,11,12). The minimum atomic E-state index is -0.336. The molecule has 0 aliphatic carbocycles. The normalized spacial score (nSPS) is 9.62. The van der Waals surface area contributed by atoms with Crippen molar-refractivity contribution in [2.45, 2.75) is 13.5 Å².